The maximum Gasteiger partial charge on any atom is 0.342 e. The molecule has 0 atom stereocenters. The molecular weight excluding hydrogens is 415 g/mol. The highest BCUT2D eigenvalue weighted by Crippen LogP contribution is 2.36. The van der Waals surface area contributed by atoms with Crippen molar-refractivity contribution in [1.29, 1.82) is 0 Å². The first-order valence-electron chi connectivity index (χ1n) is 10.0. The van der Waals surface area contributed by atoms with Crippen LogP contribution < -0.4 is 4.74 Å². The van der Waals surface area contributed by atoms with Crippen LogP contribution in [0.4, 0.5) is 4.39 Å². The van der Waals surface area contributed by atoms with Crippen molar-refractivity contribution < 1.29 is 18.7 Å². The fourth-order valence-electron chi connectivity index (χ4n) is 3.11. The fourth-order valence-corrected chi connectivity index (χ4v) is 3.48. The van der Waals surface area contributed by atoms with E-state index in [0.29, 0.717) is 27.9 Å². The van der Waals surface area contributed by atoms with Crippen LogP contribution >= 0.6 is 11.8 Å². The van der Waals surface area contributed by atoms with E-state index in [1.807, 2.05) is 50.4 Å². The molecule has 0 amide bonds. The molecule has 1 aromatic heterocycles. The van der Waals surface area contributed by atoms with Gasteiger partial charge in [0.15, 0.2) is 5.16 Å². The van der Waals surface area contributed by atoms with Gasteiger partial charge in [0.1, 0.15) is 23.7 Å². The summed E-state index contributed by atoms with van der Waals surface area (Å²) >= 11 is 1.37. The summed E-state index contributed by atoms with van der Waals surface area (Å²) in [5.74, 6) is -0.684. The molecule has 0 fully saturated rings. The highest BCUT2D eigenvalue weighted by atomic mass is 32.2. The van der Waals surface area contributed by atoms with E-state index in [9.17, 15) is 9.18 Å². The molecule has 162 valence electrons. The summed E-state index contributed by atoms with van der Waals surface area (Å²) in [5, 5.41) is 0.519. The lowest BCUT2D eigenvalue weighted by Gasteiger charge is -2.18. The highest BCUT2D eigenvalue weighted by molar-refractivity contribution is 7.98. The molecule has 0 N–H and O–H groups in total. The first-order valence-corrected chi connectivity index (χ1v) is 11.3. The minimum absolute atomic E-state index is 0.0406. The second-order valence-corrected chi connectivity index (χ2v) is 7.88. The van der Waals surface area contributed by atoms with Crippen molar-refractivity contribution in [3.8, 4) is 17.0 Å². The van der Waals surface area contributed by atoms with Gasteiger partial charge in [-0.25, -0.2) is 19.2 Å². The van der Waals surface area contributed by atoms with Crippen molar-refractivity contribution in [3.63, 3.8) is 0 Å². The van der Waals surface area contributed by atoms with Gasteiger partial charge in [-0.15, -0.1) is 0 Å². The van der Waals surface area contributed by atoms with Gasteiger partial charge in [-0.2, -0.15) is 0 Å². The summed E-state index contributed by atoms with van der Waals surface area (Å²) < 4.78 is 25.4. The summed E-state index contributed by atoms with van der Waals surface area (Å²) in [7, 11) is 0. The number of carbonyl (C=O) groups excluding carboxylic acids is 1. The Morgan fingerprint density at radius 2 is 1.87 bits per heavy atom. The van der Waals surface area contributed by atoms with Crippen molar-refractivity contribution in [2.75, 3.05) is 12.9 Å². The smallest absolute Gasteiger partial charge is 0.342 e. The number of thioether (sulfide) groups is 1. The van der Waals surface area contributed by atoms with Gasteiger partial charge >= 0.3 is 5.97 Å². The van der Waals surface area contributed by atoms with E-state index in [4.69, 9.17) is 9.47 Å². The molecule has 0 aliphatic rings. The average Bonchev–Trinajstić information content (AvgIpc) is 2.77. The van der Waals surface area contributed by atoms with Crippen LogP contribution in [-0.4, -0.2) is 28.8 Å². The maximum absolute atomic E-state index is 14.1. The van der Waals surface area contributed by atoms with Crippen molar-refractivity contribution >= 4 is 17.7 Å². The van der Waals surface area contributed by atoms with Crippen LogP contribution in [0.15, 0.2) is 53.7 Å². The first kappa shape index (κ1) is 22.7. The molecule has 5 nitrogen and oxygen atoms in total. The predicted molar refractivity (Wildman–Crippen MR) is 120 cm³/mol. The minimum atomic E-state index is -0.507. The first-order chi connectivity index (χ1) is 14.9. The Morgan fingerprint density at radius 1 is 1.13 bits per heavy atom. The van der Waals surface area contributed by atoms with Crippen molar-refractivity contribution in [1.82, 2.24) is 9.97 Å². The monoisotopic (exact) mass is 440 g/mol. The summed E-state index contributed by atoms with van der Waals surface area (Å²) in [6.07, 6.45) is 1.87. The average molecular weight is 441 g/mol. The molecule has 0 spiro atoms. The Morgan fingerprint density at radius 3 is 2.52 bits per heavy atom. The zero-order valence-electron chi connectivity index (χ0n) is 18.0. The van der Waals surface area contributed by atoms with Crippen LogP contribution in [0.25, 0.3) is 11.3 Å². The van der Waals surface area contributed by atoms with Crippen LogP contribution in [-0.2, 0) is 11.3 Å². The number of rotatable bonds is 8. The number of carbonyl (C=O) groups is 1. The van der Waals surface area contributed by atoms with Gasteiger partial charge in [-0.05, 0) is 36.8 Å². The van der Waals surface area contributed by atoms with Crippen molar-refractivity contribution in [3.05, 3.63) is 71.2 Å². The van der Waals surface area contributed by atoms with E-state index >= 15 is 0 Å². The van der Waals surface area contributed by atoms with Gasteiger partial charge in [-0.3, -0.25) is 0 Å². The number of aromatic nitrogens is 2. The van der Waals surface area contributed by atoms with Gasteiger partial charge in [0.05, 0.1) is 18.0 Å². The number of hydrogen-bond acceptors (Lipinski definition) is 6. The van der Waals surface area contributed by atoms with Crippen LogP contribution in [0.2, 0.25) is 0 Å². The Balaban J connectivity index is 2.16. The molecule has 0 bridgehead atoms. The lowest BCUT2D eigenvalue weighted by atomic mass is 9.98. The van der Waals surface area contributed by atoms with Crippen LogP contribution in [0, 0.1) is 5.82 Å². The third-order valence-electron chi connectivity index (χ3n) is 4.56. The minimum Gasteiger partial charge on any atom is -0.488 e. The van der Waals surface area contributed by atoms with Gasteiger partial charge < -0.3 is 9.47 Å². The zero-order chi connectivity index (χ0) is 22.4. The Kier molecular flexibility index (Phi) is 7.63. The lowest BCUT2D eigenvalue weighted by molar-refractivity contribution is 0.0524. The third-order valence-corrected chi connectivity index (χ3v) is 5.11. The molecule has 31 heavy (non-hydrogen) atoms. The van der Waals surface area contributed by atoms with Crippen LogP contribution in [0.5, 0.6) is 5.75 Å². The topological polar surface area (TPSA) is 61.3 Å². The molecule has 0 aliphatic carbocycles. The van der Waals surface area contributed by atoms with E-state index in [0.717, 1.165) is 5.56 Å². The summed E-state index contributed by atoms with van der Waals surface area (Å²) in [6.45, 7) is 6.13. The summed E-state index contributed by atoms with van der Waals surface area (Å²) in [6, 6.07) is 13.8. The van der Waals surface area contributed by atoms with Crippen molar-refractivity contribution in [2.45, 2.75) is 38.5 Å². The van der Waals surface area contributed by atoms with E-state index in [1.165, 1.54) is 23.9 Å². The Labute approximate surface area is 186 Å². The molecular formula is C24H25FN2O3S. The van der Waals surface area contributed by atoms with Gasteiger partial charge in [-0.1, -0.05) is 55.9 Å². The largest absolute Gasteiger partial charge is 0.488 e. The fraction of sp³-hybridized carbons (Fsp3) is 0.292. The molecule has 1 heterocycles. The number of halogens is 1. The SMILES string of the molecule is CCOC(=O)c1c(-c2ccc(F)cc2OCc2ccccc2)nc(SC)nc1C(C)C. The molecule has 3 rings (SSSR count). The van der Waals surface area contributed by atoms with Gasteiger partial charge in [0.2, 0.25) is 0 Å². The molecule has 0 unspecified atom stereocenters. The predicted octanol–water partition coefficient (Wildman–Crippen LogP) is 5.88. The van der Waals surface area contributed by atoms with E-state index in [2.05, 4.69) is 9.97 Å². The van der Waals surface area contributed by atoms with Crippen LogP contribution in [0.3, 0.4) is 0 Å². The van der Waals surface area contributed by atoms with E-state index < -0.39 is 11.8 Å². The third kappa shape index (κ3) is 5.41. The quantitative estimate of drug-likeness (QED) is 0.247. The Hall–Kier alpha value is -2.93. The molecule has 3 aromatic rings. The molecule has 0 aliphatic heterocycles. The standard InChI is InChI=1S/C24H25FN2O3S/c1-5-29-23(28)20-21(15(2)3)26-24(31-4)27-22(20)18-12-11-17(25)13-19(18)30-14-16-9-7-6-8-10-16/h6-13,15H,5,14H2,1-4H3. The van der Waals surface area contributed by atoms with Gasteiger partial charge in [0, 0.05) is 11.6 Å². The van der Waals surface area contributed by atoms with E-state index in [-0.39, 0.29) is 24.7 Å². The number of esters is 1. The van der Waals surface area contributed by atoms with E-state index in [1.54, 1.807) is 13.0 Å². The summed E-state index contributed by atoms with van der Waals surface area (Å²) in [5.41, 5.74) is 2.71. The van der Waals surface area contributed by atoms with Crippen molar-refractivity contribution in [2.24, 2.45) is 0 Å². The summed E-state index contributed by atoms with van der Waals surface area (Å²) in [4.78, 5) is 22.1. The second-order valence-electron chi connectivity index (χ2n) is 7.11. The number of nitrogens with zero attached hydrogens (tertiary/aromatic N) is 2. The lowest BCUT2D eigenvalue weighted by Crippen LogP contribution is -2.15. The normalized spacial score (nSPS) is 10.9. The molecule has 7 heteroatoms. The number of ether oxygens (including phenoxy) is 2. The maximum atomic E-state index is 14.1. The molecule has 0 saturated carbocycles. The number of hydrogen-bond donors (Lipinski definition) is 0. The van der Waals surface area contributed by atoms with Gasteiger partial charge in [0.25, 0.3) is 0 Å². The molecule has 2 aromatic carbocycles. The Bertz CT molecular complexity index is 1060. The number of benzene rings is 2. The molecule has 0 saturated heterocycles. The second kappa shape index (κ2) is 10.4. The van der Waals surface area contributed by atoms with Crippen LogP contribution in [0.1, 0.15) is 48.3 Å². The zero-order valence-corrected chi connectivity index (χ0v) is 18.8. The molecule has 0 radical (unpaired) electrons. The highest BCUT2D eigenvalue weighted by Gasteiger charge is 2.26.